The van der Waals surface area contributed by atoms with Crippen LogP contribution in [-0.2, 0) is 17.7 Å². The topological polar surface area (TPSA) is 61.1 Å². The van der Waals surface area contributed by atoms with E-state index in [1.54, 1.807) is 13.3 Å². The summed E-state index contributed by atoms with van der Waals surface area (Å²) in [6.45, 7) is 6.07. The molecule has 0 bridgehead atoms. The molecule has 0 spiro atoms. The number of rotatable bonds is 8. The number of carbonyl (C=O) groups excluding carboxylic acids is 1. The number of benzene rings is 1. The minimum Gasteiger partial charge on any atom is -0.383 e. The molecule has 4 rings (SSSR count). The summed E-state index contributed by atoms with van der Waals surface area (Å²) < 4.78 is 9.74. The highest BCUT2D eigenvalue weighted by atomic mass is 16.5. The summed E-state index contributed by atoms with van der Waals surface area (Å²) in [4.78, 5) is 17.2. The first-order valence-electron chi connectivity index (χ1n) is 10.4. The molecular weight excluding hydrogens is 376 g/mol. The van der Waals surface area contributed by atoms with Gasteiger partial charge in [-0.3, -0.25) is 9.78 Å². The van der Waals surface area contributed by atoms with Crippen molar-refractivity contribution in [1.29, 1.82) is 0 Å². The van der Waals surface area contributed by atoms with Gasteiger partial charge in [-0.25, -0.2) is 0 Å². The molecule has 30 heavy (non-hydrogen) atoms. The van der Waals surface area contributed by atoms with E-state index in [1.165, 1.54) is 5.52 Å². The Labute approximate surface area is 176 Å². The number of methoxy groups -OCH3 is 1. The molecule has 0 aliphatic heterocycles. The standard InChI is InChI=1S/C24H28N4O2/c1-17(2)28-20-9-5-4-8-19(20)23-21(28)15-22(27(23)13-14-30-3)24(29)26-12-10-18-7-6-11-25-16-18/h4-9,11,15-17H,10,12-14H2,1-3H3,(H,26,29). The maximum absolute atomic E-state index is 13.1. The van der Waals surface area contributed by atoms with Crippen molar-refractivity contribution in [1.82, 2.24) is 19.4 Å². The van der Waals surface area contributed by atoms with E-state index < -0.39 is 0 Å². The van der Waals surface area contributed by atoms with E-state index >= 15 is 0 Å². The average Bonchev–Trinajstić information content (AvgIpc) is 3.27. The largest absolute Gasteiger partial charge is 0.383 e. The number of para-hydroxylation sites is 1. The molecule has 0 saturated heterocycles. The van der Waals surface area contributed by atoms with Gasteiger partial charge in [0.15, 0.2) is 0 Å². The van der Waals surface area contributed by atoms with Crippen molar-refractivity contribution in [3.05, 3.63) is 66.1 Å². The molecule has 6 nitrogen and oxygen atoms in total. The third kappa shape index (κ3) is 3.71. The van der Waals surface area contributed by atoms with Crippen LogP contribution >= 0.6 is 0 Å². The van der Waals surface area contributed by atoms with Crippen LogP contribution in [0.25, 0.3) is 21.9 Å². The second kappa shape index (κ2) is 8.71. The van der Waals surface area contributed by atoms with Crippen molar-refractivity contribution in [2.75, 3.05) is 20.3 Å². The van der Waals surface area contributed by atoms with E-state index in [0.717, 1.165) is 28.4 Å². The Kier molecular flexibility index (Phi) is 5.86. The fraction of sp³-hybridized carbons (Fsp3) is 0.333. The van der Waals surface area contributed by atoms with Crippen LogP contribution in [0.2, 0.25) is 0 Å². The number of aromatic nitrogens is 3. The fourth-order valence-corrected chi connectivity index (χ4v) is 4.13. The predicted octanol–water partition coefficient (Wildman–Crippen LogP) is 4.19. The fourth-order valence-electron chi connectivity index (χ4n) is 4.13. The monoisotopic (exact) mass is 404 g/mol. The number of nitrogens with zero attached hydrogens (tertiary/aromatic N) is 3. The number of amides is 1. The molecule has 0 aliphatic carbocycles. The van der Waals surface area contributed by atoms with Crippen LogP contribution in [0.3, 0.4) is 0 Å². The maximum Gasteiger partial charge on any atom is 0.268 e. The highest BCUT2D eigenvalue weighted by molar-refractivity contribution is 6.10. The summed E-state index contributed by atoms with van der Waals surface area (Å²) in [5.74, 6) is -0.0643. The van der Waals surface area contributed by atoms with E-state index in [-0.39, 0.29) is 11.9 Å². The van der Waals surface area contributed by atoms with Gasteiger partial charge in [0, 0.05) is 44.0 Å². The molecule has 6 heteroatoms. The van der Waals surface area contributed by atoms with Crippen molar-refractivity contribution in [3.8, 4) is 0 Å². The summed E-state index contributed by atoms with van der Waals surface area (Å²) in [6.07, 6.45) is 4.34. The van der Waals surface area contributed by atoms with Crippen LogP contribution in [0.1, 0.15) is 35.9 Å². The molecule has 0 fully saturated rings. The van der Waals surface area contributed by atoms with Gasteiger partial charge in [-0.1, -0.05) is 24.3 Å². The van der Waals surface area contributed by atoms with E-state index in [1.807, 2.05) is 30.5 Å². The Bertz CT molecular complexity index is 1160. The summed E-state index contributed by atoms with van der Waals surface area (Å²) in [7, 11) is 1.69. The van der Waals surface area contributed by atoms with Gasteiger partial charge in [-0.2, -0.15) is 0 Å². The Morgan fingerprint density at radius 3 is 2.73 bits per heavy atom. The van der Waals surface area contributed by atoms with Gasteiger partial charge < -0.3 is 19.2 Å². The van der Waals surface area contributed by atoms with Crippen LogP contribution in [0, 0.1) is 0 Å². The minimum atomic E-state index is -0.0643. The lowest BCUT2D eigenvalue weighted by Gasteiger charge is -2.11. The Morgan fingerprint density at radius 2 is 2.00 bits per heavy atom. The molecule has 3 heterocycles. The van der Waals surface area contributed by atoms with Crippen LogP contribution in [0.5, 0.6) is 0 Å². The van der Waals surface area contributed by atoms with Crippen LogP contribution < -0.4 is 5.32 Å². The van der Waals surface area contributed by atoms with Gasteiger partial charge in [-0.05, 0) is 44.0 Å². The molecular formula is C24H28N4O2. The van der Waals surface area contributed by atoms with Gasteiger partial charge >= 0.3 is 0 Å². The highest BCUT2D eigenvalue weighted by Gasteiger charge is 2.22. The highest BCUT2D eigenvalue weighted by Crippen LogP contribution is 2.34. The minimum absolute atomic E-state index is 0.0643. The van der Waals surface area contributed by atoms with E-state index in [2.05, 4.69) is 51.5 Å². The zero-order chi connectivity index (χ0) is 21.1. The lowest BCUT2D eigenvalue weighted by molar-refractivity contribution is 0.0942. The zero-order valence-corrected chi connectivity index (χ0v) is 17.8. The molecule has 1 amide bonds. The van der Waals surface area contributed by atoms with E-state index in [4.69, 9.17) is 4.74 Å². The lowest BCUT2D eigenvalue weighted by atomic mass is 10.2. The number of nitrogens with one attached hydrogen (secondary N) is 1. The number of hydrogen-bond acceptors (Lipinski definition) is 3. The predicted molar refractivity (Wildman–Crippen MR) is 120 cm³/mol. The lowest BCUT2D eigenvalue weighted by Crippen LogP contribution is -2.28. The third-order valence-electron chi connectivity index (χ3n) is 5.45. The molecule has 0 unspecified atom stereocenters. The molecule has 1 N–H and O–H groups in total. The SMILES string of the molecule is COCCn1c(C(=O)NCCc2cccnc2)cc2c1c1ccccc1n2C(C)C. The third-order valence-corrected chi connectivity index (χ3v) is 5.45. The second-order valence-electron chi connectivity index (χ2n) is 7.76. The number of fused-ring (bicyclic) bond motifs is 3. The molecule has 0 atom stereocenters. The van der Waals surface area contributed by atoms with Crippen LogP contribution in [0.4, 0.5) is 0 Å². The van der Waals surface area contributed by atoms with Gasteiger partial charge in [0.1, 0.15) is 5.69 Å². The van der Waals surface area contributed by atoms with Gasteiger partial charge in [0.05, 0.1) is 23.2 Å². The van der Waals surface area contributed by atoms with Crippen molar-refractivity contribution < 1.29 is 9.53 Å². The normalized spacial score (nSPS) is 11.6. The molecule has 0 saturated carbocycles. The Balaban J connectivity index is 1.71. The first kappa shape index (κ1) is 20.2. The van der Waals surface area contributed by atoms with E-state index in [0.29, 0.717) is 25.4 Å². The number of pyridine rings is 1. The molecule has 1 aromatic carbocycles. The molecule has 0 radical (unpaired) electrons. The number of hydrogen-bond donors (Lipinski definition) is 1. The average molecular weight is 405 g/mol. The van der Waals surface area contributed by atoms with E-state index in [9.17, 15) is 4.79 Å². The summed E-state index contributed by atoms with van der Waals surface area (Å²) >= 11 is 0. The molecule has 4 aromatic rings. The summed E-state index contributed by atoms with van der Waals surface area (Å²) in [5, 5.41) is 4.23. The van der Waals surface area contributed by atoms with Crippen molar-refractivity contribution >= 4 is 27.8 Å². The first-order chi connectivity index (χ1) is 14.6. The van der Waals surface area contributed by atoms with Crippen molar-refractivity contribution in [3.63, 3.8) is 0 Å². The quantitative estimate of drug-likeness (QED) is 0.479. The smallest absolute Gasteiger partial charge is 0.268 e. The van der Waals surface area contributed by atoms with Crippen LogP contribution in [0.15, 0.2) is 54.9 Å². The van der Waals surface area contributed by atoms with Gasteiger partial charge in [-0.15, -0.1) is 0 Å². The number of ether oxygens (including phenoxy) is 1. The summed E-state index contributed by atoms with van der Waals surface area (Å²) in [5.41, 5.74) is 5.14. The van der Waals surface area contributed by atoms with Crippen molar-refractivity contribution in [2.24, 2.45) is 0 Å². The Hall–Kier alpha value is -3.12. The molecule has 156 valence electrons. The van der Waals surface area contributed by atoms with Gasteiger partial charge in [0.25, 0.3) is 5.91 Å². The van der Waals surface area contributed by atoms with Crippen molar-refractivity contribution in [2.45, 2.75) is 32.9 Å². The second-order valence-corrected chi connectivity index (χ2v) is 7.76. The van der Waals surface area contributed by atoms with Crippen LogP contribution in [-0.4, -0.2) is 40.3 Å². The Morgan fingerprint density at radius 1 is 1.17 bits per heavy atom. The molecule has 0 aliphatic rings. The maximum atomic E-state index is 13.1. The van der Waals surface area contributed by atoms with Gasteiger partial charge in [0.2, 0.25) is 0 Å². The number of carbonyl (C=O) groups is 1. The molecule has 3 aromatic heterocycles. The summed E-state index contributed by atoms with van der Waals surface area (Å²) in [6, 6.07) is 14.6. The first-order valence-corrected chi connectivity index (χ1v) is 10.4. The zero-order valence-electron chi connectivity index (χ0n) is 17.8.